The average Bonchev–Trinajstić information content (AvgIpc) is 3.26. The number of sulfonamides is 1. The molecule has 0 radical (unpaired) electrons. The average molecular weight is 384 g/mol. The van der Waals surface area contributed by atoms with Crippen LogP contribution in [-0.2, 0) is 14.8 Å². The number of amides is 1. The molecule has 2 aromatic rings. The molecule has 1 saturated heterocycles. The first-order valence-corrected chi connectivity index (χ1v) is 10.4. The molecule has 1 fully saturated rings. The van der Waals surface area contributed by atoms with Gasteiger partial charge >= 0.3 is 0 Å². The molecule has 1 amide bonds. The lowest BCUT2D eigenvalue weighted by molar-refractivity contribution is -0.131. The third-order valence-electron chi connectivity index (χ3n) is 4.92. The predicted octanol–water partition coefficient (Wildman–Crippen LogP) is 1.87. The minimum absolute atomic E-state index is 0.0350. The molecule has 1 aromatic heterocycles. The number of likely N-dealkylation sites (tertiary alicyclic amines) is 1. The Hall–Kier alpha value is -2.74. The molecule has 3 heterocycles. The number of nitrogens with zero attached hydrogens (tertiary/aromatic N) is 3. The minimum atomic E-state index is -3.55. The van der Waals surface area contributed by atoms with E-state index in [-0.39, 0.29) is 29.8 Å². The summed E-state index contributed by atoms with van der Waals surface area (Å²) in [6.45, 7) is 0.975. The van der Waals surface area contributed by atoms with Gasteiger partial charge in [0.05, 0.1) is 17.5 Å². The van der Waals surface area contributed by atoms with E-state index in [4.69, 9.17) is 0 Å². The summed E-state index contributed by atoms with van der Waals surface area (Å²) in [5.74, 6) is 0.346. The highest BCUT2D eigenvalue weighted by Crippen LogP contribution is 2.32. The van der Waals surface area contributed by atoms with Crippen molar-refractivity contribution in [2.75, 3.05) is 13.1 Å². The number of rotatable bonds is 4. The topological polar surface area (TPSA) is 91.7 Å². The van der Waals surface area contributed by atoms with Crippen molar-refractivity contribution in [3.63, 3.8) is 0 Å². The largest absolute Gasteiger partial charge is 0.336 e. The molecule has 2 aliphatic rings. The molecule has 140 valence electrons. The van der Waals surface area contributed by atoms with Crippen molar-refractivity contribution < 1.29 is 13.2 Å². The van der Waals surface area contributed by atoms with E-state index in [1.807, 2.05) is 17.0 Å². The summed E-state index contributed by atoms with van der Waals surface area (Å²) >= 11 is 0. The molecule has 0 aliphatic carbocycles. The molecular formula is C19H20N4O3S. The van der Waals surface area contributed by atoms with E-state index in [0.29, 0.717) is 11.4 Å². The summed E-state index contributed by atoms with van der Waals surface area (Å²) < 4.78 is 26.7. The van der Waals surface area contributed by atoms with Gasteiger partial charge in [-0.2, -0.15) is 0 Å². The first kappa shape index (κ1) is 17.7. The first-order valence-electron chi connectivity index (χ1n) is 8.92. The minimum Gasteiger partial charge on any atom is -0.336 e. The van der Waals surface area contributed by atoms with Crippen LogP contribution in [0.15, 0.2) is 58.7 Å². The van der Waals surface area contributed by atoms with Gasteiger partial charge in [0, 0.05) is 30.9 Å². The molecule has 0 unspecified atom stereocenters. The maximum absolute atomic E-state index is 12.7. The zero-order valence-corrected chi connectivity index (χ0v) is 15.5. The molecule has 0 bridgehead atoms. The number of benzene rings is 1. The molecule has 7 nitrogen and oxygen atoms in total. The van der Waals surface area contributed by atoms with Crippen molar-refractivity contribution >= 4 is 21.8 Å². The number of carbonyl (C=O) groups excluding carboxylic acids is 1. The Labute approximate surface area is 158 Å². The number of nitrogens with one attached hydrogen (secondary N) is 1. The van der Waals surface area contributed by atoms with Crippen LogP contribution in [0.4, 0.5) is 0 Å². The van der Waals surface area contributed by atoms with Gasteiger partial charge in [-0.25, -0.2) is 8.42 Å². The van der Waals surface area contributed by atoms with Gasteiger partial charge in [0.1, 0.15) is 5.84 Å². The van der Waals surface area contributed by atoms with E-state index < -0.39 is 10.0 Å². The van der Waals surface area contributed by atoms with Crippen LogP contribution in [0.1, 0.15) is 36.4 Å². The highest BCUT2D eigenvalue weighted by Gasteiger charge is 2.31. The number of carbonyl (C=O) groups is 1. The number of aromatic nitrogens is 1. The zero-order chi connectivity index (χ0) is 18.9. The van der Waals surface area contributed by atoms with Crippen molar-refractivity contribution in [2.24, 2.45) is 4.99 Å². The molecule has 27 heavy (non-hydrogen) atoms. The van der Waals surface area contributed by atoms with E-state index in [0.717, 1.165) is 24.9 Å². The zero-order valence-electron chi connectivity index (χ0n) is 14.7. The Kier molecular flexibility index (Phi) is 4.65. The van der Waals surface area contributed by atoms with Gasteiger partial charge in [-0.3, -0.25) is 19.5 Å². The smallest absolute Gasteiger partial charge is 0.263 e. The normalized spacial score (nSPS) is 21.9. The molecule has 2 aliphatic heterocycles. The molecule has 1 N–H and O–H groups in total. The summed E-state index contributed by atoms with van der Waals surface area (Å²) in [5, 5.41) is 0. The van der Waals surface area contributed by atoms with Crippen molar-refractivity contribution in [2.45, 2.75) is 30.2 Å². The van der Waals surface area contributed by atoms with E-state index in [1.54, 1.807) is 36.7 Å². The van der Waals surface area contributed by atoms with Crippen LogP contribution in [0.5, 0.6) is 0 Å². The van der Waals surface area contributed by atoms with Crippen LogP contribution >= 0.6 is 0 Å². The first-order chi connectivity index (χ1) is 13.1. The summed E-state index contributed by atoms with van der Waals surface area (Å²) in [6.07, 6.45) is 5.64. The van der Waals surface area contributed by atoms with Gasteiger partial charge in [0.15, 0.2) is 0 Å². The van der Waals surface area contributed by atoms with Gasteiger partial charge in [-0.05, 0) is 42.7 Å². The molecule has 1 atom stereocenters. The quantitative estimate of drug-likeness (QED) is 0.871. The number of pyridine rings is 1. The van der Waals surface area contributed by atoms with Crippen LogP contribution in [-0.4, -0.2) is 43.1 Å². The molecule has 1 aromatic carbocycles. The Balaban J connectivity index is 1.44. The van der Waals surface area contributed by atoms with Crippen molar-refractivity contribution in [1.29, 1.82) is 0 Å². The highest BCUT2D eigenvalue weighted by atomic mass is 32.2. The second kappa shape index (κ2) is 7.11. The fourth-order valence-electron chi connectivity index (χ4n) is 3.66. The molecule has 4 rings (SSSR count). The fraction of sp³-hybridized carbons (Fsp3) is 0.316. The maximum Gasteiger partial charge on any atom is 0.263 e. The van der Waals surface area contributed by atoms with Gasteiger partial charge in [0.25, 0.3) is 10.0 Å². The van der Waals surface area contributed by atoms with E-state index in [9.17, 15) is 13.2 Å². The predicted molar refractivity (Wildman–Crippen MR) is 101 cm³/mol. The third-order valence-corrected chi connectivity index (χ3v) is 6.32. The number of hydrogen-bond acceptors (Lipinski definition) is 5. The summed E-state index contributed by atoms with van der Waals surface area (Å²) in [7, 11) is -3.55. The van der Waals surface area contributed by atoms with Gasteiger partial charge in [-0.15, -0.1) is 0 Å². The molecule has 0 spiro atoms. The Morgan fingerprint density at radius 3 is 2.81 bits per heavy atom. The second-order valence-electron chi connectivity index (χ2n) is 6.61. The summed E-state index contributed by atoms with van der Waals surface area (Å²) in [6, 6.07) is 10.7. The Bertz CT molecular complexity index is 989. The summed E-state index contributed by atoms with van der Waals surface area (Å²) in [4.78, 5) is 23.2. The van der Waals surface area contributed by atoms with Crippen LogP contribution in [0.2, 0.25) is 0 Å². The monoisotopic (exact) mass is 384 g/mol. The number of amidine groups is 1. The lowest BCUT2D eigenvalue weighted by Crippen LogP contribution is -2.31. The van der Waals surface area contributed by atoms with Crippen molar-refractivity contribution in [3.05, 3.63) is 59.9 Å². The van der Waals surface area contributed by atoms with E-state index >= 15 is 0 Å². The SMILES string of the molecule is O=C(CCN=C1NS(=O)(=O)c2ccccc21)N1CCC[C@H]1c1ccncc1. The van der Waals surface area contributed by atoms with E-state index in [2.05, 4.69) is 14.7 Å². The fourth-order valence-corrected chi connectivity index (χ4v) is 4.91. The van der Waals surface area contributed by atoms with Crippen LogP contribution in [0, 0.1) is 0 Å². The second-order valence-corrected chi connectivity index (χ2v) is 8.26. The molecule has 8 heteroatoms. The highest BCUT2D eigenvalue weighted by molar-refractivity contribution is 7.90. The lowest BCUT2D eigenvalue weighted by atomic mass is 10.1. The third kappa shape index (κ3) is 3.44. The van der Waals surface area contributed by atoms with Gasteiger partial charge in [0.2, 0.25) is 5.91 Å². The standard InChI is InChI=1S/C19H20N4O3S/c24-18(23-13-3-5-16(23)14-7-10-20-11-8-14)9-12-21-19-15-4-1-2-6-17(15)27(25,26)22-19/h1-2,4,6-8,10-11,16H,3,5,9,12-13H2,(H,21,22)/t16-/m0/s1. The lowest BCUT2D eigenvalue weighted by Gasteiger charge is -2.24. The van der Waals surface area contributed by atoms with Crippen LogP contribution in [0.3, 0.4) is 0 Å². The molecule has 0 saturated carbocycles. The Morgan fingerprint density at radius 2 is 2.00 bits per heavy atom. The van der Waals surface area contributed by atoms with E-state index in [1.165, 1.54) is 0 Å². The summed E-state index contributed by atoms with van der Waals surface area (Å²) in [5.41, 5.74) is 1.65. The van der Waals surface area contributed by atoms with Crippen LogP contribution in [0.25, 0.3) is 0 Å². The number of aliphatic imine (C=N–C) groups is 1. The van der Waals surface area contributed by atoms with Gasteiger partial charge < -0.3 is 4.90 Å². The molecular weight excluding hydrogens is 364 g/mol. The maximum atomic E-state index is 12.7. The van der Waals surface area contributed by atoms with Crippen molar-refractivity contribution in [3.8, 4) is 0 Å². The number of fused-ring (bicyclic) bond motifs is 1. The Morgan fingerprint density at radius 1 is 1.22 bits per heavy atom. The van der Waals surface area contributed by atoms with Gasteiger partial charge in [-0.1, -0.05) is 12.1 Å². The van der Waals surface area contributed by atoms with Crippen molar-refractivity contribution in [1.82, 2.24) is 14.6 Å². The van der Waals surface area contributed by atoms with Crippen LogP contribution < -0.4 is 4.72 Å². The number of hydrogen-bond donors (Lipinski definition) is 1.